The van der Waals surface area contributed by atoms with Crippen LogP contribution in [0.15, 0.2) is 48.5 Å². The van der Waals surface area contributed by atoms with Crippen LogP contribution in [0.4, 0.5) is 0 Å². The van der Waals surface area contributed by atoms with Crippen molar-refractivity contribution < 1.29 is 19.4 Å². The molecule has 0 saturated carbocycles. The van der Waals surface area contributed by atoms with Crippen LogP contribution in [0.1, 0.15) is 21.5 Å². The highest BCUT2D eigenvalue weighted by atomic mass is 35.5. The second kappa shape index (κ2) is 10.6. The topological polar surface area (TPSA) is 58.3 Å². The van der Waals surface area contributed by atoms with Crippen LogP contribution in [0.25, 0.3) is 0 Å². The van der Waals surface area contributed by atoms with Gasteiger partial charge in [-0.25, -0.2) is 0 Å². The fourth-order valence-electron chi connectivity index (χ4n) is 3.88. The molecule has 0 spiro atoms. The van der Waals surface area contributed by atoms with Crippen LogP contribution in [0.3, 0.4) is 0 Å². The van der Waals surface area contributed by atoms with E-state index in [0.29, 0.717) is 12.1 Å². The Morgan fingerprint density at radius 1 is 1.10 bits per heavy atom. The number of amides is 2. The number of piperazine rings is 1. The minimum Gasteiger partial charge on any atom is -0.355 e. The third-order valence-electron chi connectivity index (χ3n) is 5.57. The average molecular weight is 431 g/mol. The molecule has 1 aliphatic heterocycles. The van der Waals surface area contributed by atoms with Crippen LogP contribution in [-0.4, -0.2) is 63.5 Å². The molecule has 2 aromatic rings. The molecule has 1 fully saturated rings. The number of nitrogens with one attached hydrogen (secondary N) is 3. The van der Waals surface area contributed by atoms with Crippen LogP contribution in [-0.2, 0) is 17.9 Å². The number of carbonyl (C=O) groups is 2. The van der Waals surface area contributed by atoms with Gasteiger partial charge in [0, 0.05) is 28.8 Å². The van der Waals surface area contributed by atoms with Crippen molar-refractivity contribution in [3.63, 3.8) is 0 Å². The summed E-state index contributed by atoms with van der Waals surface area (Å²) in [5, 5.41) is 3.39. The Morgan fingerprint density at radius 2 is 1.80 bits per heavy atom. The van der Waals surface area contributed by atoms with E-state index < -0.39 is 0 Å². The lowest BCUT2D eigenvalue weighted by atomic mass is 10.1. The maximum atomic E-state index is 12.7. The van der Waals surface area contributed by atoms with Gasteiger partial charge in [-0.2, -0.15) is 0 Å². The Kier molecular flexibility index (Phi) is 7.85. The summed E-state index contributed by atoms with van der Waals surface area (Å²) in [5.41, 5.74) is 3.00. The predicted molar refractivity (Wildman–Crippen MR) is 118 cm³/mol. The summed E-state index contributed by atoms with van der Waals surface area (Å²) in [4.78, 5) is 29.0. The number of rotatable bonds is 7. The van der Waals surface area contributed by atoms with E-state index in [-0.39, 0.29) is 11.8 Å². The minimum atomic E-state index is -0.0888. The molecular weight excluding hydrogens is 400 g/mol. The summed E-state index contributed by atoms with van der Waals surface area (Å²) in [6.07, 6.45) is 0. The van der Waals surface area contributed by atoms with E-state index in [1.807, 2.05) is 54.4 Å². The molecule has 1 saturated heterocycles. The van der Waals surface area contributed by atoms with Crippen molar-refractivity contribution in [2.45, 2.75) is 13.1 Å². The summed E-state index contributed by atoms with van der Waals surface area (Å²) in [7, 11) is 3.66. The van der Waals surface area contributed by atoms with Gasteiger partial charge in [0.15, 0.2) is 6.54 Å². The predicted octanol–water partition coefficient (Wildman–Crippen LogP) is -0.358. The molecular formula is C23H31ClN4O2+2. The first-order chi connectivity index (χ1) is 14.4. The summed E-state index contributed by atoms with van der Waals surface area (Å²) in [6, 6.07) is 15.6. The summed E-state index contributed by atoms with van der Waals surface area (Å²) < 4.78 is 0. The van der Waals surface area contributed by atoms with Crippen molar-refractivity contribution in [1.82, 2.24) is 10.2 Å². The second-order valence-corrected chi connectivity index (χ2v) is 8.46. The Bertz CT molecular complexity index is 864. The highest BCUT2D eigenvalue weighted by molar-refractivity contribution is 6.30. The minimum absolute atomic E-state index is 0.0888. The van der Waals surface area contributed by atoms with E-state index >= 15 is 0 Å². The molecule has 30 heavy (non-hydrogen) atoms. The molecule has 7 heteroatoms. The first kappa shape index (κ1) is 22.3. The number of halogens is 1. The Balaban J connectivity index is 1.43. The van der Waals surface area contributed by atoms with Gasteiger partial charge in [0.25, 0.3) is 11.8 Å². The number of nitrogens with zero attached hydrogens (tertiary/aromatic N) is 1. The maximum absolute atomic E-state index is 12.7. The fraction of sp³-hybridized carbons (Fsp3) is 0.391. The van der Waals surface area contributed by atoms with Gasteiger partial charge in [-0.15, -0.1) is 0 Å². The smallest absolute Gasteiger partial charge is 0.278 e. The number of benzene rings is 2. The highest BCUT2D eigenvalue weighted by Gasteiger charge is 2.25. The van der Waals surface area contributed by atoms with Gasteiger partial charge in [0.05, 0.1) is 33.2 Å². The first-order valence-electron chi connectivity index (χ1n) is 10.4. The van der Waals surface area contributed by atoms with Gasteiger partial charge in [-0.1, -0.05) is 35.9 Å². The standard InChI is InChI=1S/C23H29ClN4O2/c1-25-23(30)20-8-6-18(7-9-20)15-26(2)17-22(29)28-12-10-27(11-13-28)16-19-4-3-5-21(24)14-19/h3-9,14H,10-13,15-17H2,1-2H3,(H,25,30)/p+2. The third kappa shape index (κ3) is 6.29. The molecule has 0 aliphatic carbocycles. The molecule has 0 bridgehead atoms. The fourth-order valence-corrected chi connectivity index (χ4v) is 4.10. The molecule has 2 amide bonds. The van der Waals surface area contributed by atoms with Crippen LogP contribution in [0.2, 0.25) is 5.02 Å². The van der Waals surface area contributed by atoms with Crippen LogP contribution >= 0.6 is 11.6 Å². The van der Waals surface area contributed by atoms with Crippen molar-refractivity contribution >= 4 is 23.4 Å². The number of carbonyl (C=O) groups excluding carboxylic acids is 2. The molecule has 1 unspecified atom stereocenters. The lowest BCUT2D eigenvalue weighted by molar-refractivity contribution is -0.918. The van der Waals surface area contributed by atoms with E-state index in [9.17, 15) is 9.59 Å². The number of quaternary nitrogens is 2. The maximum Gasteiger partial charge on any atom is 0.278 e. The molecule has 1 atom stereocenters. The van der Waals surface area contributed by atoms with Gasteiger partial charge in [-0.05, 0) is 24.3 Å². The van der Waals surface area contributed by atoms with Gasteiger partial charge in [0.1, 0.15) is 13.1 Å². The van der Waals surface area contributed by atoms with E-state index in [0.717, 1.165) is 54.8 Å². The first-order valence-corrected chi connectivity index (χ1v) is 10.8. The number of likely N-dealkylation sites (N-methyl/N-ethyl adjacent to an activating group) is 1. The van der Waals surface area contributed by atoms with Crippen LogP contribution < -0.4 is 15.1 Å². The van der Waals surface area contributed by atoms with E-state index in [2.05, 4.69) is 11.4 Å². The van der Waals surface area contributed by atoms with E-state index in [1.54, 1.807) is 7.05 Å². The third-order valence-corrected chi connectivity index (χ3v) is 5.80. The molecule has 1 aliphatic rings. The van der Waals surface area contributed by atoms with E-state index in [4.69, 9.17) is 11.6 Å². The quantitative estimate of drug-likeness (QED) is 0.562. The zero-order valence-corrected chi connectivity index (χ0v) is 18.5. The normalized spacial score (nSPS) is 15.6. The van der Waals surface area contributed by atoms with Gasteiger partial charge >= 0.3 is 0 Å². The molecule has 160 valence electrons. The lowest BCUT2D eigenvalue weighted by Crippen LogP contribution is -3.14. The molecule has 2 aromatic carbocycles. The van der Waals surface area contributed by atoms with Crippen molar-refractivity contribution in [2.24, 2.45) is 0 Å². The lowest BCUT2D eigenvalue weighted by Gasteiger charge is -2.32. The van der Waals surface area contributed by atoms with Crippen molar-refractivity contribution in [3.05, 3.63) is 70.2 Å². The number of hydrogen-bond donors (Lipinski definition) is 3. The zero-order chi connectivity index (χ0) is 21.5. The van der Waals surface area contributed by atoms with Crippen molar-refractivity contribution in [2.75, 3.05) is 46.8 Å². The Hall–Kier alpha value is -2.41. The monoisotopic (exact) mass is 430 g/mol. The zero-order valence-electron chi connectivity index (χ0n) is 17.7. The second-order valence-electron chi connectivity index (χ2n) is 8.02. The average Bonchev–Trinajstić information content (AvgIpc) is 2.74. The Morgan fingerprint density at radius 3 is 2.43 bits per heavy atom. The summed E-state index contributed by atoms with van der Waals surface area (Å²) >= 11 is 6.08. The SMILES string of the molecule is CNC(=O)c1ccc(C[NH+](C)CC(=O)N2CC[NH+](Cc3cccc(Cl)c3)CC2)cc1. The van der Waals surface area contributed by atoms with Crippen molar-refractivity contribution in [1.29, 1.82) is 0 Å². The van der Waals surface area contributed by atoms with Gasteiger partial charge in [-0.3, -0.25) is 9.59 Å². The molecule has 3 rings (SSSR count). The molecule has 1 heterocycles. The largest absolute Gasteiger partial charge is 0.355 e. The molecule has 0 radical (unpaired) electrons. The van der Waals surface area contributed by atoms with Gasteiger partial charge in [0.2, 0.25) is 0 Å². The Labute approximate surface area is 183 Å². The number of hydrogen-bond acceptors (Lipinski definition) is 2. The van der Waals surface area contributed by atoms with Crippen LogP contribution in [0, 0.1) is 0 Å². The molecule has 0 aromatic heterocycles. The van der Waals surface area contributed by atoms with Crippen molar-refractivity contribution in [3.8, 4) is 0 Å². The highest BCUT2D eigenvalue weighted by Crippen LogP contribution is 2.09. The summed E-state index contributed by atoms with van der Waals surface area (Å²) in [5.74, 6) is 0.116. The van der Waals surface area contributed by atoms with Gasteiger partial charge < -0.3 is 20.0 Å². The summed E-state index contributed by atoms with van der Waals surface area (Å²) in [6.45, 7) is 5.67. The van der Waals surface area contributed by atoms with Crippen LogP contribution in [0.5, 0.6) is 0 Å². The molecule has 6 nitrogen and oxygen atoms in total. The molecule has 3 N–H and O–H groups in total. The van der Waals surface area contributed by atoms with E-state index in [1.165, 1.54) is 10.5 Å².